The van der Waals surface area contributed by atoms with Crippen LogP contribution in [0, 0.1) is 5.82 Å². The third-order valence-electron chi connectivity index (χ3n) is 6.48. The molecule has 0 aromatic heterocycles. The third kappa shape index (κ3) is 7.03. The first-order valence-corrected chi connectivity index (χ1v) is 13.0. The van der Waals surface area contributed by atoms with E-state index in [0.717, 1.165) is 12.1 Å². The number of anilines is 1. The monoisotopic (exact) mass is 592 g/mol. The Balaban J connectivity index is 1.39. The molecule has 41 heavy (non-hydrogen) atoms. The molecule has 4 rings (SSSR count). The number of nitrogens with one attached hydrogen (secondary N) is 1. The van der Waals surface area contributed by atoms with Crippen molar-refractivity contribution in [3.8, 4) is 5.75 Å². The second kappa shape index (κ2) is 12.3. The lowest BCUT2D eigenvalue weighted by Crippen LogP contribution is -2.52. The standard InChI is InChI=1S/C27H28ClF3N6O4/c1-27(32-14-22(34-27)19-7-5-17(13-21(19)29)41-26(30)31)25(40)33-16-4-6-18(20(28)12-16)24(39)37-10-8-36(9-11-37)23(38)15-35(2)3/h4-7,12-14,26H,8-11,15H2,1-3H3,(H,33,40). The molecule has 0 bridgehead atoms. The molecule has 1 saturated heterocycles. The average molecular weight is 593 g/mol. The number of piperazine rings is 1. The van der Waals surface area contributed by atoms with Crippen LogP contribution in [0.2, 0.25) is 5.02 Å². The molecule has 1 N–H and O–H groups in total. The highest BCUT2D eigenvalue weighted by Crippen LogP contribution is 2.27. The van der Waals surface area contributed by atoms with Crippen molar-refractivity contribution in [3.63, 3.8) is 0 Å². The van der Waals surface area contributed by atoms with E-state index in [-0.39, 0.29) is 45.1 Å². The van der Waals surface area contributed by atoms with Gasteiger partial charge in [0.1, 0.15) is 11.6 Å². The summed E-state index contributed by atoms with van der Waals surface area (Å²) < 4.78 is 43.5. The van der Waals surface area contributed by atoms with E-state index in [9.17, 15) is 27.6 Å². The number of alkyl halides is 2. The van der Waals surface area contributed by atoms with Crippen LogP contribution in [-0.4, -0.2) is 103 Å². The minimum atomic E-state index is -3.10. The number of likely N-dealkylation sites (N-methyl/N-ethyl adjacent to an activating group) is 1. The van der Waals surface area contributed by atoms with Crippen molar-refractivity contribution >= 4 is 46.9 Å². The van der Waals surface area contributed by atoms with Crippen LogP contribution in [0.1, 0.15) is 22.8 Å². The molecule has 2 aliphatic heterocycles. The first-order chi connectivity index (χ1) is 19.4. The fourth-order valence-electron chi connectivity index (χ4n) is 4.31. The van der Waals surface area contributed by atoms with Crippen LogP contribution in [0.3, 0.4) is 0 Å². The Kier molecular flexibility index (Phi) is 8.98. The van der Waals surface area contributed by atoms with Gasteiger partial charge in [0.2, 0.25) is 11.6 Å². The summed E-state index contributed by atoms with van der Waals surface area (Å²) in [4.78, 5) is 51.8. The van der Waals surface area contributed by atoms with E-state index >= 15 is 0 Å². The van der Waals surface area contributed by atoms with Crippen LogP contribution < -0.4 is 10.1 Å². The summed E-state index contributed by atoms with van der Waals surface area (Å²) in [5.41, 5.74) is -1.09. The van der Waals surface area contributed by atoms with Crippen molar-refractivity contribution in [3.05, 3.63) is 58.4 Å². The Labute approximate surface area is 239 Å². The van der Waals surface area contributed by atoms with Gasteiger partial charge in [0, 0.05) is 43.5 Å². The maximum Gasteiger partial charge on any atom is 0.387 e. The van der Waals surface area contributed by atoms with Gasteiger partial charge < -0.3 is 24.8 Å². The van der Waals surface area contributed by atoms with E-state index in [1.807, 2.05) is 14.1 Å². The van der Waals surface area contributed by atoms with E-state index in [1.165, 1.54) is 37.4 Å². The summed E-state index contributed by atoms with van der Waals surface area (Å²) in [6.45, 7) is 0.192. The highest BCUT2D eigenvalue weighted by molar-refractivity contribution is 6.40. The van der Waals surface area contributed by atoms with Crippen molar-refractivity contribution in [2.24, 2.45) is 9.98 Å². The van der Waals surface area contributed by atoms with E-state index in [2.05, 4.69) is 20.0 Å². The fourth-order valence-corrected chi connectivity index (χ4v) is 4.58. The minimum absolute atomic E-state index is 0.000485. The Morgan fingerprint density at radius 1 is 1.10 bits per heavy atom. The minimum Gasteiger partial charge on any atom is -0.435 e. The number of amides is 3. The van der Waals surface area contributed by atoms with Gasteiger partial charge in [0.05, 0.1) is 29.1 Å². The highest BCUT2D eigenvalue weighted by atomic mass is 35.5. The fraction of sp³-hybridized carbons (Fsp3) is 0.370. The third-order valence-corrected chi connectivity index (χ3v) is 6.79. The molecule has 2 aromatic rings. The van der Waals surface area contributed by atoms with E-state index in [1.54, 1.807) is 14.7 Å². The van der Waals surface area contributed by atoms with Gasteiger partial charge in [-0.1, -0.05) is 11.6 Å². The van der Waals surface area contributed by atoms with E-state index in [4.69, 9.17) is 11.6 Å². The molecule has 218 valence electrons. The number of carbonyl (C=O) groups excluding carboxylic acids is 3. The van der Waals surface area contributed by atoms with Gasteiger partial charge in [0.15, 0.2) is 0 Å². The van der Waals surface area contributed by atoms with Crippen LogP contribution in [0.4, 0.5) is 18.9 Å². The second-order valence-electron chi connectivity index (χ2n) is 9.86. The molecule has 2 heterocycles. The first kappa shape index (κ1) is 30.0. The zero-order valence-corrected chi connectivity index (χ0v) is 23.3. The number of benzene rings is 2. The van der Waals surface area contributed by atoms with Gasteiger partial charge in [-0.25, -0.2) is 9.38 Å². The SMILES string of the molecule is CN(C)CC(=O)N1CCN(C(=O)c2ccc(NC(=O)C3(C)N=CC(c4ccc(OC(F)F)cc4F)=N3)cc2Cl)CC1. The van der Waals surface area contributed by atoms with E-state index < -0.39 is 24.0 Å². The zero-order valence-electron chi connectivity index (χ0n) is 22.5. The van der Waals surface area contributed by atoms with Gasteiger partial charge in [-0.3, -0.25) is 19.4 Å². The molecular weight excluding hydrogens is 565 g/mol. The molecule has 10 nitrogen and oxygen atoms in total. The first-order valence-electron chi connectivity index (χ1n) is 12.6. The van der Waals surface area contributed by atoms with Crippen LogP contribution in [-0.2, 0) is 9.59 Å². The number of rotatable bonds is 8. The Morgan fingerprint density at radius 2 is 1.78 bits per heavy atom. The van der Waals surface area contributed by atoms with Crippen LogP contribution in [0.15, 0.2) is 46.4 Å². The van der Waals surface area contributed by atoms with Gasteiger partial charge in [0.25, 0.3) is 11.8 Å². The van der Waals surface area contributed by atoms with Gasteiger partial charge in [-0.2, -0.15) is 8.78 Å². The summed E-state index contributed by atoms with van der Waals surface area (Å²) in [5.74, 6) is -2.16. The number of hydrogen-bond donors (Lipinski definition) is 1. The zero-order chi connectivity index (χ0) is 29.9. The number of carbonyl (C=O) groups is 3. The summed E-state index contributed by atoms with van der Waals surface area (Å²) >= 11 is 6.40. The smallest absolute Gasteiger partial charge is 0.387 e. The molecule has 2 aromatic carbocycles. The molecule has 0 spiro atoms. The Hall–Kier alpha value is -3.97. The van der Waals surface area contributed by atoms with Gasteiger partial charge in [-0.15, -0.1) is 0 Å². The van der Waals surface area contributed by atoms with Gasteiger partial charge >= 0.3 is 6.61 Å². The molecule has 1 unspecified atom stereocenters. The van der Waals surface area contributed by atoms with Crippen molar-refractivity contribution in [2.75, 3.05) is 52.1 Å². The van der Waals surface area contributed by atoms with Crippen molar-refractivity contribution in [1.29, 1.82) is 0 Å². The molecule has 1 atom stereocenters. The lowest BCUT2D eigenvalue weighted by Gasteiger charge is -2.35. The maximum atomic E-state index is 14.5. The van der Waals surface area contributed by atoms with E-state index in [0.29, 0.717) is 32.7 Å². The molecule has 0 aliphatic carbocycles. The van der Waals surface area contributed by atoms with Crippen molar-refractivity contribution in [1.82, 2.24) is 14.7 Å². The summed E-state index contributed by atoms with van der Waals surface area (Å²) in [5, 5.41) is 2.77. The lowest BCUT2D eigenvalue weighted by molar-refractivity contribution is -0.133. The molecule has 3 amide bonds. The van der Waals surface area contributed by atoms with Crippen LogP contribution >= 0.6 is 11.6 Å². The van der Waals surface area contributed by atoms with Gasteiger partial charge in [-0.05, 0) is 51.4 Å². The molecule has 0 saturated carbocycles. The van der Waals surface area contributed by atoms with Crippen molar-refractivity contribution in [2.45, 2.75) is 19.2 Å². The predicted molar refractivity (Wildman–Crippen MR) is 148 cm³/mol. The maximum absolute atomic E-state index is 14.5. The lowest BCUT2D eigenvalue weighted by atomic mass is 10.1. The number of halogens is 4. The molecule has 1 fully saturated rings. The van der Waals surface area contributed by atoms with Crippen LogP contribution in [0.5, 0.6) is 5.75 Å². The highest BCUT2D eigenvalue weighted by Gasteiger charge is 2.36. The predicted octanol–water partition coefficient (Wildman–Crippen LogP) is 3.15. The Bertz CT molecular complexity index is 1410. The quantitative estimate of drug-likeness (QED) is 0.507. The molecule has 14 heteroatoms. The topological polar surface area (TPSA) is 107 Å². The van der Waals surface area contributed by atoms with Crippen molar-refractivity contribution < 1.29 is 32.3 Å². The number of hydrogen-bond acceptors (Lipinski definition) is 7. The average Bonchev–Trinajstić information content (AvgIpc) is 3.31. The largest absolute Gasteiger partial charge is 0.435 e. The number of ether oxygens (including phenoxy) is 1. The number of nitrogens with zero attached hydrogens (tertiary/aromatic N) is 5. The Morgan fingerprint density at radius 3 is 2.39 bits per heavy atom. The molecule has 2 aliphatic rings. The summed E-state index contributed by atoms with van der Waals surface area (Å²) in [6.07, 6.45) is 1.22. The van der Waals surface area contributed by atoms with Crippen LogP contribution in [0.25, 0.3) is 0 Å². The summed E-state index contributed by atoms with van der Waals surface area (Å²) in [7, 11) is 3.63. The molecular formula is C27H28ClF3N6O4. The summed E-state index contributed by atoms with van der Waals surface area (Å²) in [6, 6.07) is 7.60. The normalized spacial score (nSPS) is 18.6. The molecule has 0 radical (unpaired) electrons. The second-order valence-corrected chi connectivity index (χ2v) is 10.3. The number of aliphatic imine (C=N–C) groups is 2.